The van der Waals surface area contributed by atoms with Gasteiger partial charge in [0.2, 0.25) is 0 Å². The summed E-state index contributed by atoms with van der Waals surface area (Å²) in [4.78, 5) is 4.66. The van der Waals surface area contributed by atoms with Gasteiger partial charge in [-0.15, -0.1) is 0 Å². The molecule has 0 radical (unpaired) electrons. The van der Waals surface area contributed by atoms with Crippen molar-refractivity contribution in [2.24, 2.45) is 4.99 Å². The summed E-state index contributed by atoms with van der Waals surface area (Å²) in [5.74, 6) is 0. The molecule has 0 aliphatic carbocycles. The molecule has 1 aliphatic heterocycles. The zero-order valence-electron chi connectivity index (χ0n) is 15.3. The zero-order chi connectivity index (χ0) is 17.5. The van der Waals surface area contributed by atoms with E-state index < -0.39 is 0 Å². The van der Waals surface area contributed by atoms with Crippen molar-refractivity contribution in [2.45, 2.75) is 59.5 Å². The molecule has 0 spiro atoms. The van der Waals surface area contributed by atoms with Crippen molar-refractivity contribution in [3.8, 4) is 0 Å². The van der Waals surface area contributed by atoms with Crippen molar-refractivity contribution in [3.63, 3.8) is 0 Å². The molecule has 1 aromatic rings. The number of benzene rings is 1. The number of aryl methyl sites for hydroxylation is 2. The van der Waals surface area contributed by atoms with Crippen LogP contribution in [0.5, 0.6) is 0 Å². The molecule has 0 bridgehead atoms. The fraction of sp³-hybridized carbons (Fsp3) is 0.476. The Kier molecular flexibility index (Phi) is 6.80. The Balaban J connectivity index is 2.23. The highest BCUT2D eigenvalue weighted by molar-refractivity contribution is 5.65. The second kappa shape index (κ2) is 8.84. The minimum Gasteiger partial charge on any atom is -0.516 e. The molecule has 3 nitrogen and oxygen atoms in total. The molecule has 1 aromatic carbocycles. The third-order valence-electron chi connectivity index (χ3n) is 4.87. The Hall–Kier alpha value is -1.87. The molecular weight excluding hydrogens is 298 g/mol. The van der Waals surface area contributed by atoms with Gasteiger partial charge in [-0.3, -0.25) is 4.99 Å². The summed E-state index contributed by atoms with van der Waals surface area (Å²) in [6.45, 7) is 9.48. The normalized spacial score (nSPS) is 19.5. The third kappa shape index (κ3) is 4.81. The molecular formula is C21H29NO2. The van der Waals surface area contributed by atoms with E-state index in [1.165, 1.54) is 34.2 Å². The van der Waals surface area contributed by atoms with Gasteiger partial charge in [0.25, 0.3) is 0 Å². The lowest BCUT2D eigenvalue weighted by atomic mass is 9.91. The topological polar surface area (TPSA) is 41.8 Å². The van der Waals surface area contributed by atoms with Gasteiger partial charge < -0.3 is 9.84 Å². The van der Waals surface area contributed by atoms with Crippen LogP contribution in [-0.2, 0) is 11.2 Å². The second-order valence-corrected chi connectivity index (χ2v) is 6.60. The Morgan fingerprint density at radius 3 is 2.67 bits per heavy atom. The molecule has 0 saturated carbocycles. The van der Waals surface area contributed by atoms with E-state index >= 15 is 0 Å². The van der Waals surface area contributed by atoms with Gasteiger partial charge in [0.15, 0.2) is 0 Å². The molecule has 1 heterocycles. The Morgan fingerprint density at radius 2 is 2.00 bits per heavy atom. The minimum atomic E-state index is 0.113. The first-order valence-electron chi connectivity index (χ1n) is 8.75. The molecule has 2 rings (SSSR count). The number of aliphatic hydroxyl groups is 1. The molecule has 1 fully saturated rings. The van der Waals surface area contributed by atoms with Gasteiger partial charge in [-0.25, -0.2) is 0 Å². The molecule has 1 atom stereocenters. The van der Waals surface area contributed by atoms with Gasteiger partial charge in [-0.2, -0.15) is 0 Å². The maximum Gasteiger partial charge on any atom is 0.0926 e. The van der Waals surface area contributed by atoms with Crippen LogP contribution in [0.1, 0.15) is 47.1 Å². The summed E-state index contributed by atoms with van der Waals surface area (Å²) in [6, 6.07) is 2.24. The van der Waals surface area contributed by atoms with E-state index in [0.717, 1.165) is 37.8 Å². The third-order valence-corrected chi connectivity index (χ3v) is 4.87. The lowest BCUT2D eigenvalue weighted by Crippen LogP contribution is -2.20. The maximum atomic E-state index is 8.99. The van der Waals surface area contributed by atoms with Crippen molar-refractivity contribution in [1.29, 1.82) is 0 Å². The highest BCUT2D eigenvalue weighted by Crippen LogP contribution is 2.24. The SMILES string of the molecule is Cc1cc(C)c(CC(=C/C=C/O)/N=C/C2CCCCO2)c(C)c1C. The van der Waals surface area contributed by atoms with Crippen LogP contribution < -0.4 is 0 Å². The molecule has 0 aromatic heterocycles. The van der Waals surface area contributed by atoms with Crippen molar-refractivity contribution in [2.75, 3.05) is 6.61 Å². The van der Waals surface area contributed by atoms with Gasteiger partial charge in [-0.05, 0) is 86.9 Å². The Labute approximate surface area is 145 Å². The largest absolute Gasteiger partial charge is 0.516 e. The van der Waals surface area contributed by atoms with E-state index in [-0.39, 0.29) is 6.10 Å². The number of aliphatic hydroxyl groups excluding tert-OH is 1. The first kappa shape index (κ1) is 18.5. The lowest BCUT2D eigenvalue weighted by Gasteiger charge is -2.19. The van der Waals surface area contributed by atoms with Gasteiger partial charge in [-0.1, -0.05) is 6.07 Å². The van der Waals surface area contributed by atoms with Crippen LogP contribution in [0.2, 0.25) is 0 Å². The molecule has 1 saturated heterocycles. The quantitative estimate of drug-likeness (QED) is 0.467. The zero-order valence-corrected chi connectivity index (χ0v) is 15.3. The number of aliphatic imine (C=N–C) groups is 1. The van der Waals surface area contributed by atoms with Gasteiger partial charge in [0.05, 0.1) is 12.4 Å². The molecule has 1 N–H and O–H groups in total. The molecule has 0 amide bonds. The standard InChI is InChI=1S/C21H29NO2/c1-15-12-16(2)21(18(4)17(15)3)13-19(8-7-10-23)22-14-20-9-5-6-11-24-20/h7-8,10,12,14,20,23H,5-6,9,11,13H2,1-4H3/b10-7+,19-8-,22-14+. The maximum absolute atomic E-state index is 8.99. The fourth-order valence-corrected chi connectivity index (χ4v) is 3.15. The number of allylic oxidation sites excluding steroid dienone is 3. The van der Waals surface area contributed by atoms with Crippen LogP contribution in [0.3, 0.4) is 0 Å². The van der Waals surface area contributed by atoms with E-state index in [1.807, 2.05) is 12.3 Å². The highest BCUT2D eigenvalue weighted by Gasteiger charge is 2.12. The fourth-order valence-electron chi connectivity index (χ4n) is 3.15. The molecule has 130 valence electrons. The van der Waals surface area contributed by atoms with E-state index in [1.54, 1.807) is 6.08 Å². The number of nitrogens with zero attached hydrogens (tertiary/aromatic N) is 1. The predicted molar refractivity (Wildman–Crippen MR) is 101 cm³/mol. The van der Waals surface area contributed by atoms with Crippen LogP contribution in [0, 0.1) is 27.7 Å². The van der Waals surface area contributed by atoms with Crippen molar-refractivity contribution in [1.82, 2.24) is 0 Å². The summed E-state index contributed by atoms with van der Waals surface area (Å²) in [6.07, 6.45) is 10.7. The van der Waals surface area contributed by atoms with Crippen LogP contribution in [0.25, 0.3) is 0 Å². The molecule has 1 aliphatic rings. The van der Waals surface area contributed by atoms with E-state index in [2.05, 4.69) is 38.8 Å². The van der Waals surface area contributed by atoms with E-state index in [0.29, 0.717) is 0 Å². The number of hydrogen-bond donors (Lipinski definition) is 1. The van der Waals surface area contributed by atoms with E-state index in [9.17, 15) is 0 Å². The van der Waals surface area contributed by atoms with Gasteiger partial charge >= 0.3 is 0 Å². The van der Waals surface area contributed by atoms with Gasteiger partial charge in [0, 0.05) is 24.9 Å². The minimum absolute atomic E-state index is 0.113. The first-order valence-corrected chi connectivity index (χ1v) is 8.75. The molecule has 3 heteroatoms. The molecule has 1 unspecified atom stereocenters. The summed E-state index contributed by atoms with van der Waals surface area (Å²) >= 11 is 0. The van der Waals surface area contributed by atoms with Crippen molar-refractivity contribution >= 4 is 6.21 Å². The highest BCUT2D eigenvalue weighted by atomic mass is 16.5. The lowest BCUT2D eigenvalue weighted by molar-refractivity contribution is 0.0615. The monoisotopic (exact) mass is 327 g/mol. The van der Waals surface area contributed by atoms with Crippen LogP contribution >= 0.6 is 0 Å². The van der Waals surface area contributed by atoms with Crippen molar-refractivity contribution < 1.29 is 9.84 Å². The summed E-state index contributed by atoms with van der Waals surface area (Å²) < 4.78 is 5.72. The Morgan fingerprint density at radius 1 is 1.21 bits per heavy atom. The number of hydrogen-bond acceptors (Lipinski definition) is 3. The average molecular weight is 327 g/mol. The van der Waals surface area contributed by atoms with Crippen molar-refractivity contribution in [3.05, 3.63) is 58.0 Å². The average Bonchev–Trinajstić information content (AvgIpc) is 2.59. The molecule has 24 heavy (non-hydrogen) atoms. The summed E-state index contributed by atoms with van der Waals surface area (Å²) in [5.41, 5.74) is 7.54. The number of rotatable bonds is 5. The van der Waals surface area contributed by atoms with Crippen LogP contribution in [-0.4, -0.2) is 24.0 Å². The van der Waals surface area contributed by atoms with E-state index in [4.69, 9.17) is 9.84 Å². The summed E-state index contributed by atoms with van der Waals surface area (Å²) in [7, 11) is 0. The summed E-state index contributed by atoms with van der Waals surface area (Å²) in [5, 5.41) is 8.99. The second-order valence-electron chi connectivity index (χ2n) is 6.60. The van der Waals surface area contributed by atoms with Crippen LogP contribution in [0.4, 0.5) is 0 Å². The predicted octanol–water partition coefficient (Wildman–Crippen LogP) is 5.06. The number of ether oxygens (including phenoxy) is 1. The first-order chi connectivity index (χ1) is 11.5. The van der Waals surface area contributed by atoms with Gasteiger partial charge in [0.1, 0.15) is 0 Å². The Bertz CT molecular complexity index is 650. The smallest absolute Gasteiger partial charge is 0.0926 e. The van der Waals surface area contributed by atoms with Crippen LogP contribution in [0.15, 0.2) is 35.2 Å².